The molecule has 1 aromatic heterocycles. The number of nitrogens with zero attached hydrogens (tertiary/aromatic N) is 4. The Balaban J connectivity index is 1.32. The van der Waals surface area contributed by atoms with Gasteiger partial charge in [-0.2, -0.15) is 10.2 Å². The van der Waals surface area contributed by atoms with Crippen LogP contribution in [0.1, 0.15) is 49.0 Å². The van der Waals surface area contributed by atoms with Crippen LogP contribution in [0.5, 0.6) is 0 Å². The van der Waals surface area contributed by atoms with E-state index in [1.165, 1.54) is 18.0 Å². The molecule has 2 aliphatic heterocycles. The largest absolute Gasteiger partial charge is 0.338 e. The summed E-state index contributed by atoms with van der Waals surface area (Å²) in [5.41, 5.74) is 2.67. The monoisotopic (exact) mass is 398 g/mol. The summed E-state index contributed by atoms with van der Waals surface area (Å²) in [5.74, 6) is -0.575. The fourth-order valence-corrected chi connectivity index (χ4v) is 4.11. The van der Waals surface area contributed by atoms with Crippen molar-refractivity contribution < 1.29 is 14.4 Å². The van der Waals surface area contributed by atoms with Crippen LogP contribution in [0.3, 0.4) is 0 Å². The van der Waals surface area contributed by atoms with E-state index in [9.17, 15) is 14.4 Å². The van der Waals surface area contributed by atoms with Gasteiger partial charge >= 0.3 is 0 Å². The van der Waals surface area contributed by atoms with Crippen molar-refractivity contribution in [3.63, 3.8) is 0 Å². The lowest BCUT2D eigenvalue weighted by molar-refractivity contribution is 0.0790. The smallest absolute Gasteiger partial charge is 0.267 e. The second kappa shape index (κ2) is 7.18. The molecule has 2 aromatic carbocycles. The number of fused-ring (bicyclic) bond motifs is 1. The molecule has 0 aliphatic carbocycles. The maximum atomic E-state index is 12.9. The summed E-state index contributed by atoms with van der Waals surface area (Å²) in [6.45, 7) is 1.39. The molecule has 3 amide bonds. The second-order valence-corrected chi connectivity index (χ2v) is 7.46. The number of rotatable bonds is 3. The molecule has 3 heterocycles. The van der Waals surface area contributed by atoms with E-state index in [4.69, 9.17) is 0 Å². The van der Waals surface area contributed by atoms with Crippen molar-refractivity contribution in [3.05, 3.63) is 89.2 Å². The molecule has 0 spiro atoms. The van der Waals surface area contributed by atoms with Crippen LogP contribution in [-0.2, 0) is 0 Å². The van der Waals surface area contributed by atoms with Crippen LogP contribution < -0.4 is 4.90 Å². The van der Waals surface area contributed by atoms with Crippen LogP contribution in [-0.4, -0.2) is 45.9 Å². The average Bonchev–Trinajstić information content (AvgIpc) is 3.38. The van der Waals surface area contributed by atoms with Gasteiger partial charge in [-0.05, 0) is 36.2 Å². The van der Waals surface area contributed by atoms with Crippen molar-refractivity contribution in [1.82, 2.24) is 15.1 Å². The zero-order valence-electron chi connectivity index (χ0n) is 16.1. The predicted molar refractivity (Wildman–Crippen MR) is 109 cm³/mol. The third-order valence-electron chi connectivity index (χ3n) is 5.72. The van der Waals surface area contributed by atoms with E-state index < -0.39 is 11.8 Å². The molecule has 7 heteroatoms. The Bertz CT molecular complexity index is 1110. The first-order valence-corrected chi connectivity index (χ1v) is 9.77. The second-order valence-electron chi connectivity index (χ2n) is 7.46. The van der Waals surface area contributed by atoms with Crippen molar-refractivity contribution in [2.24, 2.45) is 0 Å². The maximum absolute atomic E-state index is 12.9. The van der Waals surface area contributed by atoms with Crippen molar-refractivity contribution >= 4 is 23.4 Å². The van der Waals surface area contributed by atoms with Gasteiger partial charge in [-0.25, -0.2) is 4.90 Å². The highest BCUT2D eigenvalue weighted by molar-refractivity contribution is 6.34. The van der Waals surface area contributed by atoms with Gasteiger partial charge in [0.15, 0.2) is 0 Å². The molecule has 148 valence electrons. The van der Waals surface area contributed by atoms with Gasteiger partial charge in [-0.1, -0.05) is 30.3 Å². The first-order chi connectivity index (χ1) is 14.6. The van der Waals surface area contributed by atoms with E-state index >= 15 is 0 Å². The Morgan fingerprint density at radius 1 is 0.867 bits per heavy atom. The predicted octanol–water partition coefficient (Wildman–Crippen LogP) is 2.91. The van der Waals surface area contributed by atoms with E-state index in [0.29, 0.717) is 30.3 Å². The minimum absolute atomic E-state index is 0.0456. The molecule has 1 atom stereocenters. The summed E-state index contributed by atoms with van der Waals surface area (Å²) in [5, 5.41) is 7.36. The number of likely N-dealkylation sites (tertiary alicyclic amines) is 1. The minimum Gasteiger partial charge on any atom is -0.338 e. The van der Waals surface area contributed by atoms with Crippen LogP contribution in [0.4, 0.5) is 5.69 Å². The third kappa shape index (κ3) is 2.95. The number of carbonyl (C=O) groups is 3. The Morgan fingerprint density at radius 2 is 1.50 bits per heavy atom. The van der Waals surface area contributed by atoms with E-state index in [1.807, 2.05) is 23.1 Å². The van der Waals surface area contributed by atoms with E-state index in [-0.39, 0.29) is 17.0 Å². The molecule has 0 bridgehead atoms. The van der Waals surface area contributed by atoms with Gasteiger partial charge in [0.25, 0.3) is 17.7 Å². The van der Waals surface area contributed by atoms with E-state index in [1.54, 1.807) is 24.3 Å². The number of aromatic nitrogens is 2. The summed E-state index contributed by atoms with van der Waals surface area (Å²) in [6.07, 6.45) is 3.53. The van der Waals surface area contributed by atoms with Crippen LogP contribution in [0.15, 0.2) is 67.0 Å². The van der Waals surface area contributed by atoms with Gasteiger partial charge in [0.2, 0.25) is 0 Å². The zero-order chi connectivity index (χ0) is 20.7. The quantitative estimate of drug-likeness (QED) is 0.634. The molecule has 1 saturated heterocycles. The summed E-state index contributed by atoms with van der Waals surface area (Å²) in [6, 6.07) is 16.8. The average molecular weight is 398 g/mol. The van der Waals surface area contributed by atoms with Gasteiger partial charge in [-0.3, -0.25) is 14.4 Å². The molecule has 5 rings (SSSR count). The zero-order valence-corrected chi connectivity index (χ0v) is 16.1. The number of hydrogen-bond acceptors (Lipinski definition) is 5. The van der Waals surface area contributed by atoms with Crippen LogP contribution in [0.25, 0.3) is 0 Å². The lowest BCUT2D eigenvalue weighted by atomic mass is 9.99. The Morgan fingerprint density at radius 3 is 2.13 bits per heavy atom. The minimum atomic E-state index is -0.436. The number of carbonyl (C=O) groups excluding carboxylic acids is 3. The Hall–Kier alpha value is -3.87. The molecule has 0 saturated carbocycles. The molecule has 1 fully saturated rings. The van der Waals surface area contributed by atoms with E-state index in [2.05, 4.69) is 22.3 Å². The molecular formula is C23H18N4O3. The lowest BCUT2D eigenvalue weighted by Gasteiger charge is -2.18. The highest BCUT2D eigenvalue weighted by Gasteiger charge is 2.37. The fraction of sp³-hybridized carbons (Fsp3) is 0.174. The number of benzene rings is 2. The SMILES string of the molecule is O=C(c1ccc(N2C(=O)c3cnncc3C2=O)cc1)N1CC[C@@H](c2ccccc2)C1. The molecule has 0 radical (unpaired) electrons. The number of imide groups is 1. The van der Waals surface area contributed by atoms with Gasteiger partial charge in [0.1, 0.15) is 0 Å². The summed E-state index contributed by atoms with van der Waals surface area (Å²) in [7, 11) is 0. The molecule has 7 nitrogen and oxygen atoms in total. The standard InChI is InChI=1S/C23H18N4O3/c28-21(26-11-10-17(14-26)15-4-2-1-3-5-15)16-6-8-18(9-7-16)27-22(29)19-12-24-25-13-20(19)23(27)30/h1-9,12-13,17H,10-11,14H2/t17-/m1/s1. The van der Waals surface area contributed by atoms with Crippen LogP contribution in [0.2, 0.25) is 0 Å². The molecule has 30 heavy (non-hydrogen) atoms. The first kappa shape index (κ1) is 18.2. The van der Waals surface area contributed by atoms with Crippen molar-refractivity contribution in [2.45, 2.75) is 12.3 Å². The van der Waals surface area contributed by atoms with Crippen molar-refractivity contribution in [3.8, 4) is 0 Å². The van der Waals surface area contributed by atoms with Crippen LogP contribution >= 0.6 is 0 Å². The number of amides is 3. The summed E-state index contributed by atoms with van der Waals surface area (Å²) < 4.78 is 0. The molecule has 2 aliphatic rings. The lowest BCUT2D eigenvalue weighted by Crippen LogP contribution is -2.30. The highest BCUT2D eigenvalue weighted by atomic mass is 16.2. The molecule has 3 aromatic rings. The van der Waals surface area contributed by atoms with Gasteiger partial charge in [-0.15, -0.1) is 0 Å². The Kier molecular flexibility index (Phi) is 4.35. The van der Waals surface area contributed by atoms with Crippen molar-refractivity contribution in [2.75, 3.05) is 18.0 Å². The van der Waals surface area contributed by atoms with E-state index in [0.717, 1.165) is 11.3 Å². The van der Waals surface area contributed by atoms with Gasteiger partial charge < -0.3 is 4.90 Å². The number of hydrogen-bond donors (Lipinski definition) is 0. The molecule has 0 N–H and O–H groups in total. The normalized spacial score (nSPS) is 18.1. The van der Waals surface area contributed by atoms with Gasteiger partial charge in [0.05, 0.1) is 29.2 Å². The highest BCUT2D eigenvalue weighted by Crippen LogP contribution is 2.30. The first-order valence-electron chi connectivity index (χ1n) is 9.77. The summed E-state index contributed by atoms with van der Waals surface area (Å²) in [4.78, 5) is 41.0. The fourth-order valence-electron chi connectivity index (χ4n) is 4.11. The summed E-state index contributed by atoms with van der Waals surface area (Å²) >= 11 is 0. The van der Waals surface area contributed by atoms with Crippen LogP contribution in [0, 0.1) is 0 Å². The van der Waals surface area contributed by atoms with Crippen molar-refractivity contribution in [1.29, 1.82) is 0 Å². The molecule has 0 unspecified atom stereocenters. The maximum Gasteiger partial charge on any atom is 0.267 e. The molecular weight excluding hydrogens is 380 g/mol. The van der Waals surface area contributed by atoms with Gasteiger partial charge in [0, 0.05) is 24.6 Å². The topological polar surface area (TPSA) is 83.5 Å². The number of anilines is 1. The Labute approximate surface area is 173 Å². The third-order valence-corrected chi connectivity index (χ3v) is 5.72.